The van der Waals surface area contributed by atoms with Gasteiger partial charge in [0.1, 0.15) is 5.82 Å². The van der Waals surface area contributed by atoms with Crippen LogP contribution in [0.3, 0.4) is 0 Å². The first-order chi connectivity index (χ1) is 14.1. The molecule has 0 unspecified atom stereocenters. The van der Waals surface area contributed by atoms with E-state index in [2.05, 4.69) is 22.1 Å². The molecule has 1 N–H and O–H groups in total. The van der Waals surface area contributed by atoms with Crippen LogP contribution in [0.2, 0.25) is 0 Å². The fraction of sp³-hybridized carbons (Fsp3) is 0.409. The largest absolute Gasteiger partial charge is 0.381 e. The second-order valence-corrected chi connectivity index (χ2v) is 7.18. The number of nitrogens with one attached hydrogen (secondary N) is 1. The van der Waals surface area contributed by atoms with Crippen LogP contribution in [0, 0.1) is 11.7 Å². The first-order valence-corrected chi connectivity index (χ1v) is 10.00. The van der Waals surface area contributed by atoms with E-state index in [1.807, 2.05) is 6.92 Å². The summed E-state index contributed by atoms with van der Waals surface area (Å²) in [6.07, 6.45) is 8.24. The van der Waals surface area contributed by atoms with E-state index in [0.717, 1.165) is 44.6 Å². The Morgan fingerprint density at radius 3 is 2.93 bits per heavy atom. The topological polar surface area (TPSA) is 68.5 Å². The Balaban J connectivity index is 1.74. The van der Waals surface area contributed by atoms with Crippen molar-refractivity contribution in [1.82, 2.24) is 9.55 Å². The maximum Gasteiger partial charge on any atom is 0.250 e. The molecule has 0 bridgehead atoms. The number of anilines is 1. The fourth-order valence-electron chi connectivity index (χ4n) is 3.37. The monoisotopic (exact) mass is 398 g/mol. The second-order valence-electron chi connectivity index (χ2n) is 7.18. The zero-order valence-electron chi connectivity index (χ0n) is 16.7. The van der Waals surface area contributed by atoms with Gasteiger partial charge in [-0.1, -0.05) is 13.5 Å². The number of hydrazone groups is 1. The minimum absolute atomic E-state index is 0.0688. The minimum atomic E-state index is -0.376. The van der Waals surface area contributed by atoms with Gasteiger partial charge >= 0.3 is 0 Å². The molecule has 154 valence electrons. The first-order valence-electron chi connectivity index (χ1n) is 10.00. The molecular weight excluding hydrogens is 371 g/mol. The van der Waals surface area contributed by atoms with Crippen LogP contribution in [-0.2, 0) is 17.7 Å². The highest BCUT2D eigenvalue weighted by molar-refractivity contribution is 6.08. The molecule has 0 atom stereocenters. The van der Waals surface area contributed by atoms with Gasteiger partial charge in [0.2, 0.25) is 0 Å². The van der Waals surface area contributed by atoms with Gasteiger partial charge in [-0.15, -0.1) is 0 Å². The van der Waals surface area contributed by atoms with E-state index in [0.29, 0.717) is 23.9 Å². The van der Waals surface area contributed by atoms with Crippen LogP contribution in [0.1, 0.15) is 37.4 Å². The van der Waals surface area contributed by atoms with Crippen molar-refractivity contribution < 1.29 is 9.13 Å². The summed E-state index contributed by atoms with van der Waals surface area (Å²) in [6.45, 7) is 7.88. The van der Waals surface area contributed by atoms with Crippen molar-refractivity contribution in [3.05, 3.63) is 70.7 Å². The summed E-state index contributed by atoms with van der Waals surface area (Å²) < 4.78 is 21.7. The molecule has 29 heavy (non-hydrogen) atoms. The summed E-state index contributed by atoms with van der Waals surface area (Å²) >= 11 is 0. The third kappa shape index (κ3) is 5.60. The molecule has 1 aliphatic rings. The summed E-state index contributed by atoms with van der Waals surface area (Å²) in [5, 5.41) is 4.26. The average molecular weight is 398 g/mol. The van der Waals surface area contributed by atoms with E-state index in [4.69, 9.17) is 4.74 Å². The molecule has 1 aliphatic heterocycles. The summed E-state index contributed by atoms with van der Waals surface area (Å²) in [6, 6.07) is 4.60. The van der Waals surface area contributed by atoms with Crippen molar-refractivity contribution >= 4 is 11.4 Å². The highest BCUT2D eigenvalue weighted by Gasteiger charge is 2.16. The molecule has 0 aliphatic carbocycles. The lowest BCUT2D eigenvalue weighted by molar-refractivity contribution is 0.0662. The Hall–Kier alpha value is -2.80. The Morgan fingerprint density at radius 2 is 2.24 bits per heavy atom. The molecule has 0 radical (unpaired) electrons. The van der Waals surface area contributed by atoms with Crippen molar-refractivity contribution in [2.24, 2.45) is 11.0 Å². The number of rotatable bonds is 8. The lowest BCUT2D eigenvalue weighted by Gasteiger charge is -2.21. The van der Waals surface area contributed by atoms with Crippen LogP contribution in [-0.4, -0.2) is 28.5 Å². The Bertz CT molecular complexity index is 933. The standard InChI is InChI=1S/C22H27FN4O2/c1-3-9-27-15-17(5-6-22(27)28)25-26-21(4-2)19-14-24-18(13-20(19)23)12-16-7-10-29-11-8-16/h4-6,13-16,25H,2-3,7-12H2,1H3/b26-21+. The number of hydrogen-bond donors (Lipinski definition) is 1. The van der Waals surface area contributed by atoms with E-state index in [1.54, 1.807) is 16.8 Å². The highest BCUT2D eigenvalue weighted by atomic mass is 19.1. The molecule has 0 amide bonds. The molecule has 3 heterocycles. The van der Waals surface area contributed by atoms with E-state index in [1.165, 1.54) is 24.4 Å². The maximum absolute atomic E-state index is 14.7. The Morgan fingerprint density at radius 1 is 1.45 bits per heavy atom. The van der Waals surface area contributed by atoms with Gasteiger partial charge in [0, 0.05) is 43.9 Å². The maximum atomic E-state index is 14.7. The summed E-state index contributed by atoms with van der Waals surface area (Å²) in [5.74, 6) is 0.105. The molecular formula is C22H27FN4O2. The predicted octanol–water partition coefficient (Wildman–Crippen LogP) is 3.76. The van der Waals surface area contributed by atoms with E-state index in [9.17, 15) is 9.18 Å². The van der Waals surface area contributed by atoms with Crippen molar-refractivity contribution in [2.75, 3.05) is 18.6 Å². The van der Waals surface area contributed by atoms with Crippen molar-refractivity contribution in [2.45, 2.75) is 39.2 Å². The molecule has 7 heteroatoms. The van der Waals surface area contributed by atoms with Crippen molar-refractivity contribution in [3.8, 4) is 0 Å². The quantitative estimate of drug-likeness (QED) is 0.543. The predicted molar refractivity (Wildman–Crippen MR) is 113 cm³/mol. The number of aryl methyl sites for hydroxylation is 1. The van der Waals surface area contributed by atoms with Crippen LogP contribution < -0.4 is 11.0 Å². The molecule has 0 saturated carbocycles. The number of ether oxygens (including phenoxy) is 1. The van der Waals surface area contributed by atoms with Gasteiger partial charge < -0.3 is 9.30 Å². The summed E-state index contributed by atoms with van der Waals surface area (Å²) in [7, 11) is 0. The molecule has 3 rings (SSSR count). The van der Waals surface area contributed by atoms with Gasteiger partial charge in [-0.2, -0.15) is 5.10 Å². The van der Waals surface area contributed by atoms with Gasteiger partial charge in [0.25, 0.3) is 5.56 Å². The third-order valence-corrected chi connectivity index (χ3v) is 4.97. The average Bonchev–Trinajstić information content (AvgIpc) is 2.73. The van der Waals surface area contributed by atoms with Crippen LogP contribution in [0.25, 0.3) is 0 Å². The molecule has 2 aromatic rings. The Labute approximate surface area is 170 Å². The number of allylic oxidation sites excluding steroid dienone is 1. The minimum Gasteiger partial charge on any atom is -0.381 e. The van der Waals surface area contributed by atoms with Gasteiger partial charge in [-0.05, 0) is 49.8 Å². The fourth-order valence-corrected chi connectivity index (χ4v) is 3.37. The zero-order valence-corrected chi connectivity index (χ0v) is 16.7. The molecule has 1 fully saturated rings. The molecule has 0 aromatic carbocycles. The van der Waals surface area contributed by atoms with Crippen LogP contribution in [0.5, 0.6) is 0 Å². The van der Waals surface area contributed by atoms with Crippen molar-refractivity contribution in [1.29, 1.82) is 0 Å². The summed E-state index contributed by atoms with van der Waals surface area (Å²) in [5.41, 5.74) is 4.82. The molecule has 2 aromatic heterocycles. The summed E-state index contributed by atoms with van der Waals surface area (Å²) in [4.78, 5) is 16.2. The van der Waals surface area contributed by atoms with Crippen LogP contribution in [0.4, 0.5) is 10.1 Å². The lowest BCUT2D eigenvalue weighted by atomic mass is 9.94. The number of hydrogen-bond acceptors (Lipinski definition) is 5. The van der Waals surface area contributed by atoms with Gasteiger partial charge in [0.05, 0.1) is 17.0 Å². The van der Waals surface area contributed by atoms with Gasteiger partial charge in [-0.3, -0.25) is 15.2 Å². The van der Waals surface area contributed by atoms with E-state index in [-0.39, 0.29) is 16.9 Å². The highest BCUT2D eigenvalue weighted by Crippen LogP contribution is 2.20. The number of aromatic nitrogens is 2. The number of pyridine rings is 2. The second kappa shape index (κ2) is 10.1. The number of nitrogens with zero attached hydrogens (tertiary/aromatic N) is 3. The third-order valence-electron chi connectivity index (χ3n) is 4.97. The Kier molecular flexibility index (Phi) is 7.30. The van der Waals surface area contributed by atoms with Gasteiger partial charge in [0.15, 0.2) is 0 Å². The normalized spacial score (nSPS) is 15.3. The molecule has 6 nitrogen and oxygen atoms in total. The van der Waals surface area contributed by atoms with Gasteiger partial charge in [-0.25, -0.2) is 4.39 Å². The van der Waals surface area contributed by atoms with E-state index < -0.39 is 0 Å². The number of halogens is 1. The van der Waals surface area contributed by atoms with Crippen LogP contribution in [0.15, 0.2) is 53.1 Å². The molecule has 0 spiro atoms. The molecule has 1 saturated heterocycles. The van der Waals surface area contributed by atoms with Crippen LogP contribution >= 0.6 is 0 Å². The SMILES string of the molecule is C=C/C(=N\Nc1ccc(=O)n(CCC)c1)c1cnc(CC2CCOCC2)cc1F. The smallest absolute Gasteiger partial charge is 0.250 e. The lowest BCUT2D eigenvalue weighted by Crippen LogP contribution is -2.18. The first kappa shape index (κ1) is 20.9. The van der Waals surface area contributed by atoms with E-state index >= 15 is 0 Å². The zero-order chi connectivity index (χ0) is 20.6. The van der Waals surface area contributed by atoms with Crippen molar-refractivity contribution in [3.63, 3.8) is 0 Å².